The number of hydrogen-bond acceptors (Lipinski definition) is 3. The molecule has 1 heterocycles. The zero-order chi connectivity index (χ0) is 9.47. The molecule has 1 fully saturated rings. The number of thiophene rings is 1. The highest BCUT2D eigenvalue weighted by atomic mass is 32.1. The Balaban J connectivity index is 2.41. The van der Waals surface area contributed by atoms with Crippen molar-refractivity contribution in [1.29, 1.82) is 5.26 Å². The second-order valence-corrected chi connectivity index (χ2v) is 4.30. The number of Topliss-reactive ketones (excluding diaryl/α,β-unsaturated/α-hetero) is 1. The Morgan fingerprint density at radius 3 is 2.62 bits per heavy atom. The summed E-state index contributed by atoms with van der Waals surface area (Å²) in [5.74, 6) is 0.201. The Labute approximate surface area is 80.8 Å². The molecule has 1 aliphatic carbocycles. The van der Waals surface area contributed by atoms with Crippen LogP contribution in [0, 0.1) is 18.3 Å². The number of ketones is 1. The predicted molar refractivity (Wildman–Crippen MR) is 50.6 cm³/mol. The Morgan fingerprint density at radius 1 is 1.54 bits per heavy atom. The minimum atomic E-state index is -0.485. The number of hydrogen-bond donors (Lipinski definition) is 0. The number of nitriles is 1. The summed E-state index contributed by atoms with van der Waals surface area (Å²) < 4.78 is 0. The topological polar surface area (TPSA) is 40.9 Å². The fraction of sp³-hybridized carbons (Fsp3) is 0.400. The Morgan fingerprint density at radius 2 is 2.23 bits per heavy atom. The van der Waals surface area contributed by atoms with Crippen molar-refractivity contribution in [2.45, 2.75) is 25.2 Å². The Bertz CT molecular complexity index is 391. The molecule has 1 aromatic rings. The van der Waals surface area contributed by atoms with Crippen LogP contribution in [0.15, 0.2) is 10.8 Å². The van der Waals surface area contributed by atoms with E-state index in [-0.39, 0.29) is 5.78 Å². The van der Waals surface area contributed by atoms with Gasteiger partial charge in [0.25, 0.3) is 0 Å². The first kappa shape index (κ1) is 8.46. The van der Waals surface area contributed by atoms with Gasteiger partial charge in [-0.1, -0.05) is 0 Å². The molecule has 0 bridgehead atoms. The van der Waals surface area contributed by atoms with Gasteiger partial charge in [0.1, 0.15) is 5.78 Å². The third-order valence-corrected chi connectivity index (χ3v) is 3.44. The third-order valence-electron chi connectivity index (χ3n) is 2.58. The van der Waals surface area contributed by atoms with Gasteiger partial charge in [0.05, 0.1) is 11.5 Å². The zero-order valence-corrected chi connectivity index (χ0v) is 8.15. The largest absolute Gasteiger partial charge is 0.300 e. The number of nitrogens with zero attached hydrogens (tertiary/aromatic N) is 1. The van der Waals surface area contributed by atoms with E-state index in [4.69, 9.17) is 5.26 Å². The molecule has 0 radical (unpaired) electrons. The van der Waals surface area contributed by atoms with Crippen molar-refractivity contribution in [1.82, 2.24) is 0 Å². The average Bonchev–Trinajstić information content (AvgIpc) is 2.46. The first-order chi connectivity index (χ1) is 6.18. The molecule has 0 spiro atoms. The van der Waals surface area contributed by atoms with Crippen molar-refractivity contribution >= 4 is 17.1 Å². The molecule has 0 unspecified atom stereocenters. The second kappa shape index (κ2) is 2.68. The molecule has 2 rings (SSSR count). The average molecular weight is 191 g/mol. The lowest BCUT2D eigenvalue weighted by Crippen LogP contribution is -2.40. The van der Waals surface area contributed by atoms with E-state index >= 15 is 0 Å². The maximum Gasteiger partial charge on any atom is 0.136 e. The van der Waals surface area contributed by atoms with Gasteiger partial charge in [-0.3, -0.25) is 4.79 Å². The maximum absolute atomic E-state index is 10.9. The van der Waals surface area contributed by atoms with Crippen LogP contribution in [-0.2, 0) is 10.2 Å². The van der Waals surface area contributed by atoms with E-state index in [1.165, 1.54) is 0 Å². The van der Waals surface area contributed by atoms with Crippen molar-refractivity contribution in [3.63, 3.8) is 0 Å². The van der Waals surface area contributed by atoms with Crippen molar-refractivity contribution in [3.05, 3.63) is 21.9 Å². The summed E-state index contributed by atoms with van der Waals surface area (Å²) in [6.45, 7) is 1.99. The van der Waals surface area contributed by atoms with Gasteiger partial charge in [0.2, 0.25) is 0 Å². The van der Waals surface area contributed by atoms with E-state index < -0.39 is 5.41 Å². The van der Waals surface area contributed by atoms with Crippen molar-refractivity contribution in [2.75, 3.05) is 0 Å². The molecule has 1 aliphatic rings. The molecule has 0 N–H and O–H groups in total. The lowest BCUT2D eigenvalue weighted by Gasteiger charge is -2.33. The monoisotopic (exact) mass is 191 g/mol. The van der Waals surface area contributed by atoms with Crippen molar-refractivity contribution < 1.29 is 4.79 Å². The van der Waals surface area contributed by atoms with Crippen LogP contribution in [-0.4, -0.2) is 5.78 Å². The molecule has 13 heavy (non-hydrogen) atoms. The van der Waals surface area contributed by atoms with Crippen LogP contribution in [0.4, 0.5) is 0 Å². The molecule has 0 amide bonds. The van der Waals surface area contributed by atoms with Gasteiger partial charge in [0, 0.05) is 12.8 Å². The van der Waals surface area contributed by atoms with Crippen LogP contribution < -0.4 is 0 Å². The summed E-state index contributed by atoms with van der Waals surface area (Å²) in [4.78, 5) is 10.9. The standard InChI is InChI=1S/C10H9NOS/c1-7-4-13-5-9(7)10(6-11)2-8(12)3-10/h4-5H,2-3H2,1H3. The molecule has 2 nitrogen and oxygen atoms in total. The second-order valence-electron chi connectivity index (χ2n) is 3.55. The van der Waals surface area contributed by atoms with Gasteiger partial charge in [-0.15, -0.1) is 0 Å². The van der Waals surface area contributed by atoms with Crippen molar-refractivity contribution in [3.8, 4) is 6.07 Å². The van der Waals surface area contributed by atoms with E-state index in [0.29, 0.717) is 12.8 Å². The van der Waals surface area contributed by atoms with Gasteiger partial charge in [0.15, 0.2) is 0 Å². The molecule has 1 saturated carbocycles. The molecule has 66 valence electrons. The van der Waals surface area contributed by atoms with Crippen LogP contribution in [0.2, 0.25) is 0 Å². The zero-order valence-electron chi connectivity index (χ0n) is 7.33. The molecule has 3 heteroatoms. The molecular weight excluding hydrogens is 182 g/mol. The number of aryl methyl sites for hydroxylation is 1. The van der Waals surface area contributed by atoms with Crippen LogP contribution in [0.1, 0.15) is 24.0 Å². The summed E-state index contributed by atoms with van der Waals surface area (Å²) >= 11 is 1.60. The molecule has 1 aromatic heterocycles. The van der Waals surface area contributed by atoms with E-state index in [0.717, 1.165) is 11.1 Å². The summed E-state index contributed by atoms with van der Waals surface area (Å²) in [7, 11) is 0. The summed E-state index contributed by atoms with van der Waals surface area (Å²) in [6, 6.07) is 2.27. The van der Waals surface area contributed by atoms with Gasteiger partial charge in [-0.25, -0.2) is 0 Å². The molecule has 0 saturated heterocycles. The number of carbonyl (C=O) groups excluding carboxylic acids is 1. The highest BCUT2D eigenvalue weighted by Gasteiger charge is 2.46. The summed E-state index contributed by atoms with van der Waals surface area (Å²) in [6.07, 6.45) is 0.808. The predicted octanol–water partition coefficient (Wildman–Crippen LogP) is 2.18. The van der Waals surface area contributed by atoms with Crippen LogP contribution in [0.5, 0.6) is 0 Å². The first-order valence-corrected chi connectivity index (χ1v) is 5.08. The highest BCUT2D eigenvalue weighted by molar-refractivity contribution is 7.08. The molecule has 0 atom stereocenters. The smallest absolute Gasteiger partial charge is 0.136 e. The summed E-state index contributed by atoms with van der Waals surface area (Å²) in [5.41, 5.74) is 1.71. The van der Waals surface area contributed by atoms with E-state index in [9.17, 15) is 4.79 Å². The Kier molecular flexibility index (Phi) is 1.74. The molecule has 0 aliphatic heterocycles. The first-order valence-electron chi connectivity index (χ1n) is 4.14. The minimum absolute atomic E-state index is 0.201. The maximum atomic E-state index is 10.9. The van der Waals surface area contributed by atoms with Gasteiger partial charge in [-0.2, -0.15) is 16.6 Å². The van der Waals surface area contributed by atoms with Crippen LogP contribution >= 0.6 is 11.3 Å². The number of carbonyl (C=O) groups is 1. The van der Waals surface area contributed by atoms with E-state index in [1.807, 2.05) is 17.7 Å². The van der Waals surface area contributed by atoms with Crippen LogP contribution in [0.3, 0.4) is 0 Å². The van der Waals surface area contributed by atoms with E-state index in [1.54, 1.807) is 11.3 Å². The quantitative estimate of drug-likeness (QED) is 0.682. The van der Waals surface area contributed by atoms with E-state index in [2.05, 4.69) is 6.07 Å². The van der Waals surface area contributed by atoms with Crippen molar-refractivity contribution in [2.24, 2.45) is 0 Å². The highest BCUT2D eigenvalue weighted by Crippen LogP contribution is 2.43. The number of rotatable bonds is 1. The summed E-state index contributed by atoms with van der Waals surface area (Å²) in [5, 5.41) is 13.1. The SMILES string of the molecule is Cc1cscc1C1(C#N)CC(=O)C1. The fourth-order valence-corrected chi connectivity index (χ4v) is 2.75. The van der Waals surface area contributed by atoms with Gasteiger partial charge < -0.3 is 0 Å². The van der Waals surface area contributed by atoms with Crippen LogP contribution in [0.25, 0.3) is 0 Å². The fourth-order valence-electron chi connectivity index (χ4n) is 1.80. The molecule has 0 aromatic carbocycles. The molecular formula is C10H9NOS. The third kappa shape index (κ3) is 1.10. The lowest BCUT2D eigenvalue weighted by molar-refractivity contribution is -0.126. The van der Waals surface area contributed by atoms with Gasteiger partial charge >= 0.3 is 0 Å². The Hall–Kier alpha value is -1.14. The normalized spacial score (nSPS) is 19.2. The van der Waals surface area contributed by atoms with Gasteiger partial charge in [-0.05, 0) is 28.8 Å². The minimum Gasteiger partial charge on any atom is -0.300 e. The lowest BCUT2D eigenvalue weighted by atomic mass is 9.64.